The minimum Gasteiger partial charge on any atom is -0.394 e. The molecule has 9 atom stereocenters. The number of benzene rings is 1. The van der Waals surface area contributed by atoms with E-state index in [0.29, 0.717) is 68.4 Å². The number of hydrogen-bond donors (Lipinski definition) is 10. The number of thioether (sulfide) groups is 1. The summed E-state index contributed by atoms with van der Waals surface area (Å²) in [5, 5.41) is 35.9. The Balaban J connectivity index is 1.19. The number of Topliss-reactive ketones (excluding diaryl/α,β-unsaturated/α-hetero) is 4. The normalized spacial score (nSPS) is 24.0. The molecule has 2 fully saturated rings. The molecule has 3 aliphatic heterocycles. The van der Waals surface area contributed by atoms with Crippen molar-refractivity contribution >= 4 is 76.4 Å². The van der Waals surface area contributed by atoms with Gasteiger partial charge in [-0.15, -0.1) is 5.10 Å². The fourth-order valence-corrected chi connectivity index (χ4v) is 12.2. The maximum absolute atomic E-state index is 14.4. The molecule has 5 rings (SSSR count). The number of urea groups is 1. The molecule has 27 nitrogen and oxygen atoms in total. The quantitative estimate of drug-likeness (QED) is 0.0226. The number of rotatable bonds is 29. The summed E-state index contributed by atoms with van der Waals surface area (Å²) in [5.74, 6) is -7.63. The third-order valence-corrected chi connectivity index (χ3v) is 16.8. The number of ketones is 4. The van der Waals surface area contributed by atoms with Crippen molar-refractivity contribution < 1.29 is 67.3 Å². The summed E-state index contributed by atoms with van der Waals surface area (Å²) in [7, 11) is 0. The molecule has 0 spiro atoms. The summed E-state index contributed by atoms with van der Waals surface area (Å²) in [4.78, 5) is 138. The average Bonchev–Trinajstić information content (AvgIpc) is 2.04. The molecular weight excluding hydrogens is 1150 g/mol. The fraction of sp³-hybridized carbons (Fsp3) is 0.678. The van der Waals surface area contributed by atoms with E-state index in [1.165, 1.54) is 4.68 Å². The number of unbranched alkanes of at least 4 members (excludes halogenated alkanes) is 1. The maximum Gasteiger partial charge on any atom is 0.315 e. The lowest BCUT2D eigenvalue weighted by Crippen LogP contribution is -2.49. The SMILES string of the molecule is CC(C)C[C@H]1CC(=O)[C@@H](CO)NC(=O)[C@@H](CC(=O)COCCOCCOCCCC(=O)CCCC[C@H]2SC[C@H]3NC(=O)N[C@H]32)Cc2cn(nn2)CCCC[C@@H](C(N)=O)NC(=O)CNC(=O)[C@@H](Cc2ccccc2)CC(=O)[C@@H](CCCN=C(N)N)NC1=O. The molecular formula is C59H91N13O14S. The second-order valence-corrected chi connectivity index (χ2v) is 24.2. The van der Waals surface area contributed by atoms with Gasteiger partial charge in [-0.2, -0.15) is 11.8 Å². The van der Waals surface area contributed by atoms with Gasteiger partial charge in [0.05, 0.1) is 69.3 Å². The number of aliphatic hydroxyl groups excluding tert-OH is 1. The molecule has 87 heavy (non-hydrogen) atoms. The number of nitrogens with zero attached hydrogens (tertiary/aromatic N) is 4. The molecule has 1 aromatic carbocycles. The minimum absolute atomic E-state index is 0.0383. The van der Waals surface area contributed by atoms with Crippen LogP contribution >= 0.6 is 11.8 Å². The van der Waals surface area contributed by atoms with Crippen LogP contribution in [0.25, 0.3) is 0 Å². The molecule has 0 aliphatic carbocycles. The first-order chi connectivity index (χ1) is 41.8. The molecule has 482 valence electrons. The molecule has 1 aromatic heterocycles. The molecule has 28 heteroatoms. The number of carbonyl (C=O) groups is 10. The van der Waals surface area contributed by atoms with Crippen molar-refractivity contribution in [1.82, 2.24) is 46.9 Å². The fourth-order valence-electron chi connectivity index (χ4n) is 10.7. The van der Waals surface area contributed by atoms with E-state index in [4.69, 9.17) is 31.4 Å². The largest absolute Gasteiger partial charge is 0.394 e. The molecule has 4 heterocycles. The Morgan fingerprint density at radius 2 is 1.44 bits per heavy atom. The summed E-state index contributed by atoms with van der Waals surface area (Å²) < 4.78 is 18.3. The van der Waals surface area contributed by atoms with Crippen LogP contribution in [0.4, 0.5) is 4.79 Å². The number of aromatic nitrogens is 3. The summed E-state index contributed by atoms with van der Waals surface area (Å²) in [6.45, 7) is 3.47. The molecule has 0 unspecified atom stereocenters. The Morgan fingerprint density at radius 3 is 2.16 bits per heavy atom. The molecule has 7 amide bonds. The van der Waals surface area contributed by atoms with E-state index in [1.807, 2.05) is 25.6 Å². The van der Waals surface area contributed by atoms with Gasteiger partial charge in [-0.05, 0) is 75.7 Å². The lowest BCUT2D eigenvalue weighted by molar-refractivity contribution is -0.136. The maximum atomic E-state index is 14.4. The van der Waals surface area contributed by atoms with E-state index >= 15 is 0 Å². The molecule has 2 saturated heterocycles. The molecule has 2 aromatic rings. The summed E-state index contributed by atoms with van der Waals surface area (Å²) in [6, 6.07) is 5.37. The number of primary amides is 1. The van der Waals surface area contributed by atoms with Crippen molar-refractivity contribution in [1.29, 1.82) is 0 Å². The Bertz CT molecular complexity index is 2610. The van der Waals surface area contributed by atoms with Crippen molar-refractivity contribution in [3.8, 4) is 0 Å². The molecule has 13 N–H and O–H groups in total. The van der Waals surface area contributed by atoms with E-state index in [-0.39, 0.29) is 120 Å². The third kappa shape index (κ3) is 26.6. The topological polar surface area (TPSA) is 412 Å². The van der Waals surface area contributed by atoms with Crippen LogP contribution in [0.15, 0.2) is 41.5 Å². The van der Waals surface area contributed by atoms with Crippen LogP contribution in [0, 0.1) is 23.7 Å². The van der Waals surface area contributed by atoms with Crippen molar-refractivity contribution in [2.24, 2.45) is 45.9 Å². The summed E-state index contributed by atoms with van der Waals surface area (Å²) in [6.07, 6.45) is 6.03. The highest BCUT2D eigenvalue weighted by atomic mass is 32.2. The number of nitrogens with two attached hydrogens (primary N) is 3. The van der Waals surface area contributed by atoms with Gasteiger partial charge in [0, 0.05) is 87.3 Å². The number of aliphatic imine (C=N–C) groups is 1. The Labute approximate surface area is 512 Å². The number of ether oxygens (including phenoxy) is 3. The van der Waals surface area contributed by atoms with E-state index in [1.54, 1.807) is 36.5 Å². The van der Waals surface area contributed by atoms with Crippen LogP contribution < -0.4 is 49.1 Å². The highest BCUT2D eigenvalue weighted by molar-refractivity contribution is 8.00. The smallest absolute Gasteiger partial charge is 0.315 e. The van der Waals surface area contributed by atoms with Crippen molar-refractivity contribution in [3.05, 3.63) is 47.8 Å². The summed E-state index contributed by atoms with van der Waals surface area (Å²) in [5.41, 5.74) is 17.8. The zero-order chi connectivity index (χ0) is 63.1. The number of carbonyl (C=O) groups excluding carboxylic acids is 10. The number of hydrogen-bond acceptors (Lipinski definition) is 18. The molecule has 2 bridgehead atoms. The standard InChI is InChI=1S/C59H91N13O14S/c1-37(2)26-39-30-50(77)47(34-73)67-57(82)41(29-44(75)35-86-25-24-85-23-22-84-21-11-15-43(74)14-6-7-18-51-53-48(36-87-51)68-59(83)69-53)28-42-33-72(71-70-42)20-9-8-16-46(54(60)79)65-52(78)32-64-55(80)40(27-38-12-4-3-5-13-38)31-49(76)45(66-56(39)81)17-10-19-63-58(61)62/h3-5,12-13,33,37,39-41,45-48,51,53,73H,6-11,14-32,34-36H2,1-2H3,(H2,60,79)(H,64,80)(H,65,78)(H,66,81)(H,67,82)(H4,61,62,63)(H2,68,69,83)/t39-,40-,41+,45+,46-,47+,48+,51+,53+/m0/s1. The highest BCUT2D eigenvalue weighted by Crippen LogP contribution is 2.33. The number of guanidine groups is 1. The predicted molar refractivity (Wildman–Crippen MR) is 322 cm³/mol. The monoisotopic (exact) mass is 1240 g/mol. The van der Waals surface area contributed by atoms with Gasteiger partial charge in [0.25, 0.3) is 0 Å². The Morgan fingerprint density at radius 1 is 0.747 bits per heavy atom. The lowest BCUT2D eigenvalue weighted by Gasteiger charge is -2.26. The van der Waals surface area contributed by atoms with E-state index < -0.39 is 102 Å². The van der Waals surface area contributed by atoms with Crippen LogP contribution in [-0.4, -0.2) is 185 Å². The van der Waals surface area contributed by atoms with E-state index in [9.17, 15) is 53.1 Å². The van der Waals surface area contributed by atoms with Crippen LogP contribution in [0.3, 0.4) is 0 Å². The van der Waals surface area contributed by atoms with Gasteiger partial charge in [0.1, 0.15) is 24.5 Å². The number of amides is 7. The second kappa shape index (κ2) is 38.4. The lowest BCUT2D eigenvalue weighted by atomic mass is 9.88. The van der Waals surface area contributed by atoms with E-state index in [2.05, 4.69) is 47.2 Å². The Hall–Kier alpha value is -6.88. The number of aliphatic hydroxyl groups is 1. The van der Waals surface area contributed by atoms with Gasteiger partial charge in [-0.1, -0.05) is 55.8 Å². The van der Waals surface area contributed by atoms with E-state index in [0.717, 1.165) is 25.0 Å². The molecule has 3 aliphatic rings. The van der Waals surface area contributed by atoms with Crippen LogP contribution in [0.5, 0.6) is 0 Å². The van der Waals surface area contributed by atoms with Crippen LogP contribution in [0.2, 0.25) is 0 Å². The zero-order valence-electron chi connectivity index (χ0n) is 50.2. The number of fused-ring (bicyclic) bond motifs is 3. The van der Waals surface area contributed by atoms with Crippen molar-refractivity contribution in [2.75, 3.05) is 65.1 Å². The first kappa shape index (κ1) is 70.9. The predicted octanol–water partition coefficient (Wildman–Crippen LogP) is 0.246. The number of aryl methyl sites for hydroxylation is 1. The van der Waals surface area contributed by atoms with Gasteiger partial charge >= 0.3 is 6.03 Å². The molecule has 0 radical (unpaired) electrons. The average molecular weight is 1240 g/mol. The summed E-state index contributed by atoms with van der Waals surface area (Å²) >= 11 is 1.87. The van der Waals surface area contributed by atoms with Crippen LogP contribution in [0.1, 0.15) is 121 Å². The van der Waals surface area contributed by atoms with Gasteiger partial charge in [-0.3, -0.25) is 52.8 Å². The van der Waals surface area contributed by atoms with Gasteiger partial charge in [0.15, 0.2) is 23.3 Å². The van der Waals surface area contributed by atoms with Crippen molar-refractivity contribution in [2.45, 2.75) is 165 Å². The number of nitrogens with one attached hydrogen (secondary N) is 6. The Kier molecular flexibility index (Phi) is 31.3. The first-order valence-corrected chi connectivity index (χ1v) is 31.4. The second-order valence-electron chi connectivity index (χ2n) is 22.9. The van der Waals surface area contributed by atoms with Gasteiger partial charge in [-0.25, -0.2) is 4.79 Å². The molecule has 0 saturated carbocycles. The highest BCUT2D eigenvalue weighted by Gasteiger charge is 2.42. The van der Waals surface area contributed by atoms with Gasteiger partial charge < -0.3 is 68.4 Å². The first-order valence-electron chi connectivity index (χ1n) is 30.3. The minimum atomic E-state index is -1.50. The van der Waals surface area contributed by atoms with Crippen LogP contribution in [-0.2, 0) is 76.7 Å². The zero-order valence-corrected chi connectivity index (χ0v) is 51.0. The van der Waals surface area contributed by atoms with Crippen molar-refractivity contribution in [3.63, 3.8) is 0 Å². The third-order valence-electron chi connectivity index (χ3n) is 15.3. The van der Waals surface area contributed by atoms with Gasteiger partial charge in [0.2, 0.25) is 29.5 Å².